The predicted octanol–water partition coefficient (Wildman–Crippen LogP) is 3.50. The minimum atomic E-state index is -0.213. The fraction of sp³-hybridized carbons (Fsp3) is 0.286. The third-order valence-electron chi connectivity index (χ3n) is 2.69. The fourth-order valence-electron chi connectivity index (χ4n) is 1.80. The summed E-state index contributed by atoms with van der Waals surface area (Å²) in [5.41, 5.74) is 2.47. The highest BCUT2D eigenvalue weighted by molar-refractivity contribution is 5.66. The molecule has 17 heavy (non-hydrogen) atoms. The second-order valence-corrected chi connectivity index (χ2v) is 4.02. The van der Waals surface area contributed by atoms with E-state index in [4.69, 9.17) is 4.42 Å². The lowest BCUT2D eigenvalue weighted by Crippen LogP contribution is -2.11. The summed E-state index contributed by atoms with van der Waals surface area (Å²) in [6, 6.07) is 6.91. The molecule has 0 bridgehead atoms. The largest absolute Gasteiger partial charge is 0.467 e. The number of benzene rings is 1. The van der Waals surface area contributed by atoms with Crippen LogP contribution in [0.15, 0.2) is 34.9 Å². The van der Waals surface area contributed by atoms with E-state index in [1.54, 1.807) is 12.3 Å². The molecule has 2 nitrogen and oxygen atoms in total. The van der Waals surface area contributed by atoms with E-state index in [9.17, 15) is 4.39 Å². The summed E-state index contributed by atoms with van der Waals surface area (Å²) in [5, 5.41) is 3.18. The first-order valence-corrected chi connectivity index (χ1v) is 5.76. The average molecular weight is 233 g/mol. The Morgan fingerprint density at radius 1 is 1.24 bits per heavy atom. The van der Waals surface area contributed by atoms with Crippen LogP contribution in [-0.2, 0) is 6.54 Å². The Kier molecular flexibility index (Phi) is 3.59. The lowest BCUT2D eigenvalue weighted by Gasteiger charge is -2.05. The van der Waals surface area contributed by atoms with E-state index in [1.165, 1.54) is 6.07 Å². The molecule has 2 rings (SSSR count). The molecular formula is C14H16FNO. The van der Waals surface area contributed by atoms with Gasteiger partial charge in [0.05, 0.1) is 12.8 Å². The van der Waals surface area contributed by atoms with Crippen LogP contribution in [0.1, 0.15) is 18.2 Å². The number of rotatable bonds is 4. The Hall–Kier alpha value is -1.61. The Labute approximate surface area is 100 Å². The number of furan rings is 1. The van der Waals surface area contributed by atoms with Gasteiger partial charge in [0.2, 0.25) is 0 Å². The van der Waals surface area contributed by atoms with E-state index in [0.717, 1.165) is 23.4 Å². The van der Waals surface area contributed by atoms with Crippen LogP contribution in [0.2, 0.25) is 0 Å². The number of halogens is 1. The maximum atomic E-state index is 13.8. The molecule has 2 aromatic rings. The summed E-state index contributed by atoms with van der Waals surface area (Å²) in [7, 11) is 0. The highest BCUT2D eigenvalue weighted by Crippen LogP contribution is 2.28. The minimum absolute atomic E-state index is 0.213. The molecule has 0 radical (unpaired) electrons. The molecule has 1 aromatic heterocycles. The number of hydrogen-bond acceptors (Lipinski definition) is 2. The normalized spacial score (nSPS) is 10.8. The molecule has 3 heteroatoms. The Morgan fingerprint density at radius 2 is 2.06 bits per heavy atom. The molecule has 0 aliphatic heterocycles. The standard InChI is InChI=1S/C14H16FNO/c1-3-16-9-14-11(6-7-17-14)12-8-10(2)4-5-13(12)15/h4-8,16H,3,9H2,1-2H3. The van der Waals surface area contributed by atoms with E-state index in [1.807, 2.05) is 26.0 Å². The third-order valence-corrected chi connectivity index (χ3v) is 2.69. The van der Waals surface area contributed by atoms with E-state index >= 15 is 0 Å². The predicted molar refractivity (Wildman–Crippen MR) is 66.2 cm³/mol. The summed E-state index contributed by atoms with van der Waals surface area (Å²) in [6.07, 6.45) is 1.60. The molecule has 0 aliphatic rings. The van der Waals surface area contributed by atoms with Crippen LogP contribution in [0.25, 0.3) is 11.1 Å². The first-order chi connectivity index (χ1) is 8.22. The molecular weight excluding hydrogens is 217 g/mol. The van der Waals surface area contributed by atoms with E-state index in [0.29, 0.717) is 12.1 Å². The van der Waals surface area contributed by atoms with Gasteiger partial charge in [0.25, 0.3) is 0 Å². The second-order valence-electron chi connectivity index (χ2n) is 4.02. The topological polar surface area (TPSA) is 25.2 Å². The monoisotopic (exact) mass is 233 g/mol. The fourth-order valence-corrected chi connectivity index (χ4v) is 1.80. The Bertz CT molecular complexity index is 505. The molecule has 1 heterocycles. The molecule has 1 aromatic carbocycles. The van der Waals surface area contributed by atoms with Crippen LogP contribution in [0.3, 0.4) is 0 Å². The Balaban J connectivity index is 2.38. The van der Waals surface area contributed by atoms with E-state index in [2.05, 4.69) is 5.32 Å². The van der Waals surface area contributed by atoms with Gasteiger partial charge in [-0.1, -0.05) is 18.6 Å². The molecule has 1 N–H and O–H groups in total. The van der Waals surface area contributed by atoms with Gasteiger partial charge >= 0.3 is 0 Å². The molecule has 0 spiro atoms. The van der Waals surface area contributed by atoms with Gasteiger partial charge in [-0.15, -0.1) is 0 Å². The van der Waals surface area contributed by atoms with Gasteiger partial charge in [-0.05, 0) is 31.7 Å². The lowest BCUT2D eigenvalue weighted by atomic mass is 10.0. The van der Waals surface area contributed by atoms with Crippen molar-refractivity contribution in [3.8, 4) is 11.1 Å². The first-order valence-electron chi connectivity index (χ1n) is 5.76. The molecule has 0 fully saturated rings. The summed E-state index contributed by atoms with van der Waals surface area (Å²) in [6.45, 7) is 5.45. The quantitative estimate of drug-likeness (QED) is 0.874. The molecule has 0 amide bonds. The van der Waals surface area contributed by atoms with Gasteiger partial charge in [0, 0.05) is 11.1 Å². The second kappa shape index (κ2) is 5.15. The van der Waals surface area contributed by atoms with Crippen molar-refractivity contribution in [3.05, 3.63) is 47.7 Å². The van der Waals surface area contributed by atoms with Gasteiger partial charge in [-0.3, -0.25) is 0 Å². The summed E-state index contributed by atoms with van der Waals surface area (Å²) in [4.78, 5) is 0. The van der Waals surface area contributed by atoms with Crippen molar-refractivity contribution in [2.24, 2.45) is 0 Å². The summed E-state index contributed by atoms with van der Waals surface area (Å²) in [5.74, 6) is 0.561. The van der Waals surface area contributed by atoms with E-state index < -0.39 is 0 Å². The zero-order valence-corrected chi connectivity index (χ0v) is 10.1. The molecule has 0 aliphatic carbocycles. The van der Waals surface area contributed by atoms with E-state index in [-0.39, 0.29) is 5.82 Å². The van der Waals surface area contributed by atoms with Crippen molar-refractivity contribution in [1.82, 2.24) is 5.32 Å². The minimum Gasteiger partial charge on any atom is -0.467 e. The SMILES string of the molecule is CCNCc1occc1-c1cc(C)ccc1F. The van der Waals surface area contributed by atoms with Crippen molar-refractivity contribution in [2.45, 2.75) is 20.4 Å². The van der Waals surface area contributed by atoms with Gasteiger partial charge in [0.15, 0.2) is 0 Å². The van der Waals surface area contributed by atoms with Gasteiger partial charge in [-0.25, -0.2) is 4.39 Å². The molecule has 0 unspecified atom stereocenters. The van der Waals surface area contributed by atoms with Crippen LogP contribution >= 0.6 is 0 Å². The highest BCUT2D eigenvalue weighted by atomic mass is 19.1. The van der Waals surface area contributed by atoms with Crippen molar-refractivity contribution in [1.29, 1.82) is 0 Å². The van der Waals surface area contributed by atoms with Gasteiger partial charge in [0.1, 0.15) is 11.6 Å². The zero-order chi connectivity index (χ0) is 12.3. The zero-order valence-electron chi connectivity index (χ0n) is 10.1. The van der Waals surface area contributed by atoms with Gasteiger partial charge < -0.3 is 9.73 Å². The molecule has 0 atom stereocenters. The van der Waals surface area contributed by atoms with Crippen LogP contribution < -0.4 is 5.32 Å². The molecule has 0 saturated carbocycles. The third kappa shape index (κ3) is 2.56. The maximum Gasteiger partial charge on any atom is 0.131 e. The first kappa shape index (κ1) is 11.9. The molecule has 90 valence electrons. The summed E-state index contributed by atoms with van der Waals surface area (Å²) >= 11 is 0. The lowest BCUT2D eigenvalue weighted by molar-refractivity contribution is 0.488. The van der Waals surface area contributed by atoms with Crippen molar-refractivity contribution >= 4 is 0 Å². The summed E-state index contributed by atoms with van der Waals surface area (Å²) < 4.78 is 19.2. The van der Waals surface area contributed by atoms with Crippen molar-refractivity contribution < 1.29 is 8.81 Å². The van der Waals surface area contributed by atoms with Crippen LogP contribution in [0.5, 0.6) is 0 Å². The number of aryl methyl sites for hydroxylation is 1. The van der Waals surface area contributed by atoms with Gasteiger partial charge in [-0.2, -0.15) is 0 Å². The highest BCUT2D eigenvalue weighted by Gasteiger charge is 2.12. The van der Waals surface area contributed by atoms with Crippen molar-refractivity contribution in [2.75, 3.05) is 6.54 Å². The smallest absolute Gasteiger partial charge is 0.131 e. The molecule has 0 saturated heterocycles. The van der Waals surface area contributed by atoms with Crippen LogP contribution in [0.4, 0.5) is 4.39 Å². The number of nitrogens with one attached hydrogen (secondary N) is 1. The Morgan fingerprint density at radius 3 is 2.82 bits per heavy atom. The average Bonchev–Trinajstić information content (AvgIpc) is 2.77. The van der Waals surface area contributed by atoms with Crippen LogP contribution in [0, 0.1) is 12.7 Å². The maximum absolute atomic E-state index is 13.8. The van der Waals surface area contributed by atoms with Crippen LogP contribution in [-0.4, -0.2) is 6.54 Å². The number of hydrogen-bond donors (Lipinski definition) is 1. The van der Waals surface area contributed by atoms with Crippen molar-refractivity contribution in [3.63, 3.8) is 0 Å².